The van der Waals surface area contributed by atoms with Gasteiger partial charge in [0, 0.05) is 31.2 Å². The average Bonchev–Trinajstić information content (AvgIpc) is 3.04. The Morgan fingerprint density at radius 1 is 0.917 bits per heavy atom. The maximum Gasteiger partial charge on any atom is 0.316 e. The molecule has 196 valence electrons. The fraction of sp³-hybridized carbons (Fsp3) is 0.594. The summed E-state index contributed by atoms with van der Waals surface area (Å²) in [6.45, 7) is 3.11. The monoisotopic (exact) mass is 492 g/mol. The molecule has 36 heavy (non-hydrogen) atoms. The van der Waals surface area contributed by atoms with E-state index in [0.29, 0.717) is 12.1 Å². The zero-order valence-corrected chi connectivity index (χ0v) is 22.4. The number of benzene rings is 2. The lowest BCUT2D eigenvalue weighted by atomic mass is 9.94. The second kappa shape index (κ2) is 12.9. The Morgan fingerprint density at radius 3 is 2.17 bits per heavy atom. The van der Waals surface area contributed by atoms with Crippen molar-refractivity contribution in [2.24, 2.45) is 0 Å². The number of carbonyl (C=O) groups is 1. The van der Waals surface area contributed by atoms with Gasteiger partial charge in [-0.15, -0.1) is 0 Å². The topological polar surface area (TPSA) is 46.5 Å². The van der Waals surface area contributed by atoms with Gasteiger partial charge in [-0.3, -0.25) is 4.79 Å². The normalized spacial score (nSPS) is 26.0. The summed E-state index contributed by atoms with van der Waals surface area (Å²) in [4.78, 5) is 12.9. The highest BCUT2D eigenvalue weighted by Crippen LogP contribution is 2.43. The van der Waals surface area contributed by atoms with Crippen LogP contribution < -0.4 is 0 Å². The van der Waals surface area contributed by atoms with Gasteiger partial charge in [-0.2, -0.15) is 0 Å². The van der Waals surface area contributed by atoms with Gasteiger partial charge in [0.05, 0.1) is 25.7 Å². The van der Waals surface area contributed by atoms with Crippen LogP contribution in [0.25, 0.3) is 0 Å². The molecule has 2 saturated heterocycles. The number of unbranched alkanes of at least 4 members (excludes halogenated alkanes) is 5. The number of nitrogens with zero attached hydrogens (tertiary/aromatic N) is 1. The molecule has 4 rings (SSSR count). The van der Waals surface area contributed by atoms with E-state index in [0.717, 1.165) is 29.4 Å². The fourth-order valence-corrected chi connectivity index (χ4v) is 6.61. The number of hydrogen-bond acceptors (Lipinski definition) is 3. The minimum atomic E-state index is -0.596. The van der Waals surface area contributed by atoms with Crippen molar-refractivity contribution in [1.82, 2.24) is 0 Å². The number of ether oxygens (including phenoxy) is 1. The van der Waals surface area contributed by atoms with Gasteiger partial charge in [-0.25, -0.2) is 0 Å². The van der Waals surface area contributed by atoms with Crippen molar-refractivity contribution >= 4 is 5.97 Å². The maximum atomic E-state index is 12.9. The molecule has 0 saturated carbocycles. The largest absolute Gasteiger partial charge is 0.461 e. The van der Waals surface area contributed by atoms with Gasteiger partial charge in [-0.05, 0) is 24.0 Å². The zero-order valence-electron chi connectivity index (χ0n) is 22.4. The Kier molecular flexibility index (Phi) is 9.61. The van der Waals surface area contributed by atoms with Crippen LogP contribution in [0.3, 0.4) is 0 Å². The summed E-state index contributed by atoms with van der Waals surface area (Å²) in [6.07, 6.45) is 13.5. The molecule has 0 radical (unpaired) electrons. The van der Waals surface area contributed by atoms with Crippen molar-refractivity contribution in [3.8, 4) is 0 Å². The third kappa shape index (κ3) is 6.58. The molecule has 1 N–H and O–H groups in total. The van der Waals surface area contributed by atoms with E-state index in [1.165, 1.54) is 68.9 Å². The van der Waals surface area contributed by atoms with Gasteiger partial charge in [0.1, 0.15) is 18.6 Å². The fourth-order valence-electron chi connectivity index (χ4n) is 6.61. The van der Waals surface area contributed by atoms with Crippen LogP contribution in [0.15, 0.2) is 54.6 Å². The van der Waals surface area contributed by atoms with Crippen molar-refractivity contribution in [3.05, 3.63) is 71.3 Å². The molecule has 2 aromatic rings. The van der Waals surface area contributed by atoms with E-state index in [1.807, 2.05) is 30.3 Å². The lowest BCUT2D eigenvalue weighted by molar-refractivity contribution is -0.961. The first-order valence-corrected chi connectivity index (χ1v) is 14.3. The highest BCUT2D eigenvalue weighted by Gasteiger charge is 2.52. The third-order valence-electron chi connectivity index (χ3n) is 8.89. The third-order valence-corrected chi connectivity index (χ3v) is 8.89. The molecule has 2 aliphatic heterocycles. The molecule has 2 bridgehead atoms. The van der Waals surface area contributed by atoms with Crippen molar-refractivity contribution in [1.29, 1.82) is 0 Å². The zero-order chi connectivity index (χ0) is 25.4. The Bertz CT molecular complexity index is 928. The van der Waals surface area contributed by atoms with Crippen molar-refractivity contribution in [2.45, 2.75) is 108 Å². The van der Waals surface area contributed by atoms with Gasteiger partial charge in [-0.1, -0.05) is 93.6 Å². The van der Waals surface area contributed by atoms with Crippen LogP contribution in [0.4, 0.5) is 0 Å². The first-order chi connectivity index (χ1) is 17.5. The van der Waals surface area contributed by atoms with E-state index in [2.05, 4.69) is 38.2 Å². The number of quaternary nitrogens is 1. The lowest BCUT2D eigenvalue weighted by Crippen LogP contribution is -2.58. The van der Waals surface area contributed by atoms with E-state index in [9.17, 15) is 9.90 Å². The smallest absolute Gasteiger partial charge is 0.316 e. The number of carbonyl (C=O) groups excluding carboxylic acids is 1. The molecular weight excluding hydrogens is 446 g/mol. The molecule has 2 heterocycles. The second-order valence-electron chi connectivity index (χ2n) is 11.4. The molecule has 2 aliphatic rings. The van der Waals surface area contributed by atoms with Crippen molar-refractivity contribution in [3.63, 3.8) is 0 Å². The predicted molar refractivity (Wildman–Crippen MR) is 146 cm³/mol. The Morgan fingerprint density at radius 2 is 1.53 bits per heavy atom. The Labute approximate surface area is 218 Å². The van der Waals surface area contributed by atoms with Gasteiger partial charge in [0.15, 0.2) is 0 Å². The summed E-state index contributed by atoms with van der Waals surface area (Å²) in [5, 5.41) is 9.85. The van der Waals surface area contributed by atoms with E-state index in [1.54, 1.807) is 0 Å². The number of fused-ring (bicyclic) bond motifs is 2. The van der Waals surface area contributed by atoms with Crippen LogP contribution in [-0.2, 0) is 22.5 Å². The van der Waals surface area contributed by atoms with Gasteiger partial charge in [0.2, 0.25) is 0 Å². The number of aryl methyl sites for hydroxylation is 1. The van der Waals surface area contributed by atoms with Gasteiger partial charge >= 0.3 is 5.97 Å². The molecule has 4 nitrogen and oxygen atoms in total. The summed E-state index contributed by atoms with van der Waals surface area (Å²) in [6, 6.07) is 19.9. The standard InChI is InChI=1S/C32H46NO3/c1-3-4-5-6-7-9-12-25-15-17-26(18-16-25)23-33(2)28-19-20-29(33)22-30(21-28)36-32(35)31(24-34)27-13-10-8-11-14-27/h8,10-11,13-18,28-31,34H,3-7,9,12,19-24H2,1-2H3/q+1/t28-,29+,30?,31?,33?. The van der Waals surface area contributed by atoms with Crippen LogP contribution in [0.5, 0.6) is 0 Å². The molecule has 2 aromatic carbocycles. The maximum absolute atomic E-state index is 12.9. The SMILES string of the molecule is CCCCCCCCc1ccc(C[N+]2(C)[C@@H]3CC[C@H]2CC(OC(=O)C(CO)c2ccccc2)C3)cc1. The summed E-state index contributed by atoms with van der Waals surface area (Å²) in [5.74, 6) is -0.883. The van der Waals surface area contributed by atoms with Crippen LogP contribution in [0.1, 0.15) is 93.7 Å². The van der Waals surface area contributed by atoms with Gasteiger partial charge in [0.25, 0.3) is 0 Å². The minimum absolute atomic E-state index is 0.0429. The van der Waals surface area contributed by atoms with Crippen molar-refractivity contribution in [2.75, 3.05) is 13.7 Å². The van der Waals surface area contributed by atoms with E-state index in [4.69, 9.17) is 4.74 Å². The van der Waals surface area contributed by atoms with E-state index in [-0.39, 0.29) is 18.7 Å². The summed E-state index contributed by atoms with van der Waals surface area (Å²) >= 11 is 0. The molecule has 0 aromatic heterocycles. The first kappa shape index (κ1) is 26.9. The van der Waals surface area contributed by atoms with Crippen LogP contribution >= 0.6 is 0 Å². The molecule has 0 aliphatic carbocycles. The van der Waals surface area contributed by atoms with Crippen molar-refractivity contribution < 1.29 is 19.1 Å². The quantitative estimate of drug-likeness (QED) is 0.196. The molecular formula is C32H46NO3+. The van der Waals surface area contributed by atoms with E-state index >= 15 is 0 Å². The van der Waals surface area contributed by atoms with Crippen LogP contribution in [0, 0.1) is 0 Å². The number of piperidine rings is 1. The number of hydrogen-bond donors (Lipinski definition) is 1. The summed E-state index contributed by atoms with van der Waals surface area (Å²) in [7, 11) is 2.41. The second-order valence-corrected chi connectivity index (χ2v) is 11.4. The lowest BCUT2D eigenvalue weighted by Gasteiger charge is -2.47. The molecule has 2 fully saturated rings. The van der Waals surface area contributed by atoms with Crippen LogP contribution in [0.2, 0.25) is 0 Å². The number of rotatable bonds is 13. The number of aliphatic hydroxyl groups is 1. The molecule has 0 spiro atoms. The number of aliphatic hydroxyl groups excluding tert-OH is 1. The summed E-state index contributed by atoms with van der Waals surface area (Å²) in [5.41, 5.74) is 3.70. The Hall–Kier alpha value is -2.17. The number of esters is 1. The summed E-state index contributed by atoms with van der Waals surface area (Å²) < 4.78 is 7.06. The molecule has 4 heteroatoms. The highest BCUT2D eigenvalue weighted by atomic mass is 16.5. The van der Waals surface area contributed by atoms with Crippen LogP contribution in [-0.4, -0.2) is 47.4 Å². The first-order valence-electron chi connectivity index (χ1n) is 14.3. The Balaban J connectivity index is 1.29. The predicted octanol–water partition coefficient (Wildman–Crippen LogP) is 6.55. The average molecular weight is 493 g/mol. The molecule has 5 atom stereocenters. The minimum Gasteiger partial charge on any atom is -0.461 e. The highest BCUT2D eigenvalue weighted by molar-refractivity contribution is 5.78. The molecule has 3 unspecified atom stereocenters. The van der Waals surface area contributed by atoms with E-state index < -0.39 is 5.92 Å². The molecule has 0 amide bonds. The van der Waals surface area contributed by atoms with Gasteiger partial charge < -0.3 is 14.3 Å².